The second kappa shape index (κ2) is 5.56. The monoisotopic (exact) mass is 273 g/mol. The molecule has 7 heteroatoms. The van der Waals surface area contributed by atoms with Crippen LogP contribution in [0, 0.1) is 0 Å². The number of carbonyl (C=O) groups is 1. The summed E-state index contributed by atoms with van der Waals surface area (Å²) in [5.41, 5.74) is -0.751. The van der Waals surface area contributed by atoms with Gasteiger partial charge in [0, 0.05) is 0 Å². The van der Waals surface area contributed by atoms with E-state index in [4.69, 9.17) is 0 Å². The Kier molecular flexibility index (Phi) is 4.04. The molecule has 0 spiro atoms. The zero-order valence-electron chi connectivity index (χ0n) is 10.1. The topological polar surface area (TPSA) is 54.0 Å². The Morgan fingerprint density at radius 2 is 2.26 bits per heavy atom. The quantitative estimate of drug-likeness (QED) is 0.877. The molecule has 0 aliphatic carbocycles. The molecular weight excluding hydrogens is 259 g/mol. The van der Waals surface area contributed by atoms with Gasteiger partial charge >= 0.3 is 6.18 Å². The largest absolute Gasteiger partial charge is 0.433 e. The third-order valence-electron chi connectivity index (χ3n) is 2.92. The molecule has 1 aliphatic rings. The van der Waals surface area contributed by atoms with Gasteiger partial charge in [0.15, 0.2) is 0 Å². The highest BCUT2D eigenvalue weighted by molar-refractivity contribution is 5.81. The molecule has 1 aliphatic heterocycles. The standard InChI is InChI=1S/C12H14F3N3O/c13-12(14,15)10-5-1-3-8(18-10)7-17-11(19)9-4-2-6-16-9/h1,3,5,9,16H,2,4,6-7H2,(H,17,19)/t9-/m1/s1. The van der Waals surface area contributed by atoms with E-state index < -0.39 is 11.9 Å². The molecule has 1 atom stereocenters. The first kappa shape index (κ1) is 13.8. The number of pyridine rings is 1. The molecule has 0 radical (unpaired) electrons. The summed E-state index contributed by atoms with van der Waals surface area (Å²) in [7, 11) is 0. The molecular formula is C12H14F3N3O. The zero-order chi connectivity index (χ0) is 13.9. The van der Waals surface area contributed by atoms with E-state index in [1.165, 1.54) is 12.1 Å². The third kappa shape index (κ3) is 3.66. The van der Waals surface area contributed by atoms with Crippen molar-refractivity contribution in [1.82, 2.24) is 15.6 Å². The van der Waals surface area contributed by atoms with Gasteiger partial charge in [0.1, 0.15) is 5.69 Å². The number of carbonyl (C=O) groups excluding carboxylic acids is 1. The molecule has 0 aromatic carbocycles. The van der Waals surface area contributed by atoms with E-state index in [9.17, 15) is 18.0 Å². The van der Waals surface area contributed by atoms with E-state index in [0.29, 0.717) is 0 Å². The molecule has 104 valence electrons. The van der Waals surface area contributed by atoms with Gasteiger partial charge in [0.2, 0.25) is 5.91 Å². The van der Waals surface area contributed by atoms with Crippen LogP contribution in [0.25, 0.3) is 0 Å². The lowest BCUT2D eigenvalue weighted by Gasteiger charge is -2.11. The van der Waals surface area contributed by atoms with Gasteiger partial charge in [-0.25, -0.2) is 4.98 Å². The fourth-order valence-corrected chi connectivity index (χ4v) is 1.95. The molecule has 0 saturated carbocycles. The Balaban J connectivity index is 1.94. The van der Waals surface area contributed by atoms with E-state index in [1.807, 2.05) is 0 Å². The number of aromatic nitrogens is 1. The second-order valence-corrected chi connectivity index (χ2v) is 4.38. The summed E-state index contributed by atoms with van der Waals surface area (Å²) < 4.78 is 37.4. The van der Waals surface area contributed by atoms with Crippen LogP contribution in [0.5, 0.6) is 0 Å². The van der Waals surface area contributed by atoms with E-state index >= 15 is 0 Å². The summed E-state index contributed by atoms with van der Waals surface area (Å²) in [4.78, 5) is 15.2. The Morgan fingerprint density at radius 3 is 2.89 bits per heavy atom. The van der Waals surface area contributed by atoms with E-state index in [-0.39, 0.29) is 24.2 Å². The highest BCUT2D eigenvalue weighted by Gasteiger charge is 2.32. The van der Waals surface area contributed by atoms with Crippen molar-refractivity contribution >= 4 is 5.91 Å². The minimum absolute atomic E-state index is 0.000926. The van der Waals surface area contributed by atoms with Gasteiger partial charge in [-0.1, -0.05) is 6.07 Å². The highest BCUT2D eigenvalue weighted by atomic mass is 19.4. The molecule has 19 heavy (non-hydrogen) atoms. The third-order valence-corrected chi connectivity index (χ3v) is 2.92. The lowest BCUT2D eigenvalue weighted by Crippen LogP contribution is -2.40. The lowest BCUT2D eigenvalue weighted by molar-refractivity contribution is -0.141. The predicted octanol–water partition coefficient (Wildman–Crippen LogP) is 1.47. The van der Waals surface area contributed by atoms with Gasteiger partial charge in [-0.05, 0) is 31.5 Å². The van der Waals surface area contributed by atoms with Gasteiger partial charge in [-0.2, -0.15) is 13.2 Å². The smallest absolute Gasteiger partial charge is 0.349 e. The molecule has 4 nitrogen and oxygen atoms in total. The molecule has 1 fully saturated rings. The maximum absolute atomic E-state index is 12.5. The summed E-state index contributed by atoms with van der Waals surface area (Å²) in [6.45, 7) is 0.792. The van der Waals surface area contributed by atoms with E-state index in [2.05, 4.69) is 15.6 Å². The van der Waals surface area contributed by atoms with E-state index in [1.54, 1.807) is 0 Å². The van der Waals surface area contributed by atoms with Crippen LogP contribution in [0.3, 0.4) is 0 Å². The molecule has 1 amide bonds. The molecule has 1 aromatic rings. The average Bonchev–Trinajstić information content (AvgIpc) is 2.89. The number of amides is 1. The number of nitrogens with zero attached hydrogens (tertiary/aromatic N) is 1. The number of hydrogen-bond donors (Lipinski definition) is 2. The minimum atomic E-state index is -4.47. The second-order valence-electron chi connectivity index (χ2n) is 4.38. The lowest BCUT2D eigenvalue weighted by atomic mass is 10.2. The molecule has 1 saturated heterocycles. The first-order valence-corrected chi connectivity index (χ1v) is 6.01. The Bertz CT molecular complexity index is 456. The summed E-state index contributed by atoms with van der Waals surface area (Å²) >= 11 is 0. The van der Waals surface area contributed by atoms with Crippen LogP contribution in [0.1, 0.15) is 24.2 Å². The van der Waals surface area contributed by atoms with Crippen molar-refractivity contribution in [3.05, 3.63) is 29.6 Å². The predicted molar refractivity (Wildman–Crippen MR) is 62.1 cm³/mol. The van der Waals surface area contributed by atoms with Crippen molar-refractivity contribution in [3.8, 4) is 0 Å². The molecule has 1 aromatic heterocycles. The number of halogens is 3. The Hall–Kier alpha value is -1.63. The van der Waals surface area contributed by atoms with Crippen LogP contribution in [0.15, 0.2) is 18.2 Å². The SMILES string of the molecule is O=C(NCc1cccc(C(F)(F)F)n1)[C@H]1CCCN1. The molecule has 2 rings (SSSR count). The normalized spacial score (nSPS) is 19.4. The van der Waals surface area contributed by atoms with Crippen molar-refractivity contribution in [2.75, 3.05) is 6.54 Å². The number of nitrogens with one attached hydrogen (secondary N) is 2. The van der Waals surface area contributed by atoms with Crippen LogP contribution < -0.4 is 10.6 Å². The van der Waals surface area contributed by atoms with Gasteiger partial charge in [-0.15, -0.1) is 0 Å². The summed E-state index contributed by atoms with van der Waals surface area (Å²) in [6.07, 6.45) is -2.78. The summed E-state index contributed by atoms with van der Waals surface area (Å²) in [5, 5.41) is 5.60. The van der Waals surface area contributed by atoms with Gasteiger partial charge < -0.3 is 10.6 Å². The minimum Gasteiger partial charge on any atom is -0.349 e. The fraction of sp³-hybridized carbons (Fsp3) is 0.500. The van der Waals surface area contributed by atoms with Crippen LogP contribution in [-0.4, -0.2) is 23.5 Å². The van der Waals surface area contributed by atoms with E-state index in [0.717, 1.165) is 25.5 Å². The van der Waals surface area contributed by atoms with Crippen molar-refractivity contribution in [1.29, 1.82) is 0 Å². The number of alkyl halides is 3. The van der Waals surface area contributed by atoms with Crippen molar-refractivity contribution in [2.24, 2.45) is 0 Å². The highest BCUT2D eigenvalue weighted by Crippen LogP contribution is 2.27. The van der Waals surface area contributed by atoms with Crippen LogP contribution in [0.4, 0.5) is 13.2 Å². The first-order chi connectivity index (χ1) is 8.97. The number of rotatable bonds is 3. The van der Waals surface area contributed by atoms with Crippen LogP contribution in [0.2, 0.25) is 0 Å². The fourth-order valence-electron chi connectivity index (χ4n) is 1.95. The molecule has 0 bridgehead atoms. The van der Waals surface area contributed by atoms with Gasteiger partial charge in [-0.3, -0.25) is 4.79 Å². The molecule has 2 heterocycles. The number of hydrogen-bond acceptors (Lipinski definition) is 3. The Morgan fingerprint density at radius 1 is 1.47 bits per heavy atom. The van der Waals surface area contributed by atoms with Crippen molar-refractivity contribution in [3.63, 3.8) is 0 Å². The van der Waals surface area contributed by atoms with Crippen LogP contribution in [-0.2, 0) is 17.5 Å². The van der Waals surface area contributed by atoms with Gasteiger partial charge in [0.05, 0.1) is 18.3 Å². The summed E-state index contributed by atoms with van der Waals surface area (Å²) in [5.74, 6) is -0.197. The molecule has 2 N–H and O–H groups in total. The van der Waals surface area contributed by atoms with Crippen LogP contribution >= 0.6 is 0 Å². The first-order valence-electron chi connectivity index (χ1n) is 6.01. The maximum atomic E-state index is 12.5. The van der Waals surface area contributed by atoms with Crippen molar-refractivity contribution < 1.29 is 18.0 Å². The molecule has 0 unspecified atom stereocenters. The Labute approximate surface area is 108 Å². The zero-order valence-corrected chi connectivity index (χ0v) is 10.1. The average molecular weight is 273 g/mol. The summed E-state index contributed by atoms with van der Waals surface area (Å²) in [6, 6.07) is 3.40. The maximum Gasteiger partial charge on any atom is 0.433 e. The van der Waals surface area contributed by atoms with Gasteiger partial charge in [0.25, 0.3) is 0 Å². The van der Waals surface area contributed by atoms with Crippen molar-refractivity contribution in [2.45, 2.75) is 31.6 Å².